The molecule has 1 atom stereocenters. The van der Waals surface area contributed by atoms with Gasteiger partial charge in [0, 0.05) is 21.0 Å². The van der Waals surface area contributed by atoms with Crippen molar-refractivity contribution < 1.29 is 23.3 Å². The van der Waals surface area contributed by atoms with Crippen LogP contribution in [0.5, 0.6) is 0 Å². The van der Waals surface area contributed by atoms with Crippen LogP contribution in [0, 0.1) is 0 Å². The van der Waals surface area contributed by atoms with E-state index < -0.39 is 22.7 Å². The van der Waals surface area contributed by atoms with Crippen LogP contribution in [0.1, 0.15) is 26.4 Å². The van der Waals surface area contributed by atoms with E-state index in [9.17, 15) is 13.8 Å². The highest BCUT2D eigenvalue weighted by Crippen LogP contribution is 2.37. The minimum absolute atomic E-state index is 0.133. The standard InChI is InChI=1S/C16H14BrNO5S/c1-22-15(19)12-11-7-24(21)8-18(11)14(13(12)16(20)23-2)9-3-5-10(17)6-4-9/h3-6H,7-8H2,1-2H3/t24-/m1/s1. The zero-order chi connectivity index (χ0) is 17.4. The van der Waals surface area contributed by atoms with Gasteiger partial charge in [-0.05, 0) is 17.7 Å². The van der Waals surface area contributed by atoms with Crippen LogP contribution < -0.4 is 0 Å². The third-order valence-electron chi connectivity index (χ3n) is 3.84. The van der Waals surface area contributed by atoms with Gasteiger partial charge in [-0.2, -0.15) is 0 Å². The SMILES string of the molecule is COC(=O)c1c(C(=O)OC)c(-c2ccc(Br)cc2)n2c1C[S@@](=O)C2. The molecule has 8 heteroatoms. The highest BCUT2D eigenvalue weighted by molar-refractivity contribution is 9.10. The first-order valence-corrected chi connectivity index (χ1v) is 9.29. The smallest absolute Gasteiger partial charge is 0.340 e. The van der Waals surface area contributed by atoms with E-state index in [4.69, 9.17) is 9.47 Å². The second-order valence-electron chi connectivity index (χ2n) is 5.18. The number of carbonyl (C=O) groups excluding carboxylic acids is 2. The van der Waals surface area contributed by atoms with Crippen LogP contribution in [0.3, 0.4) is 0 Å². The third-order valence-corrected chi connectivity index (χ3v) is 5.51. The molecule has 0 aliphatic carbocycles. The number of benzene rings is 1. The van der Waals surface area contributed by atoms with Crippen LogP contribution >= 0.6 is 15.9 Å². The van der Waals surface area contributed by atoms with Gasteiger partial charge >= 0.3 is 11.9 Å². The van der Waals surface area contributed by atoms with E-state index in [-0.39, 0.29) is 22.8 Å². The summed E-state index contributed by atoms with van der Waals surface area (Å²) in [6.45, 7) is 0. The first kappa shape index (κ1) is 16.9. The van der Waals surface area contributed by atoms with Gasteiger partial charge in [-0.25, -0.2) is 9.59 Å². The van der Waals surface area contributed by atoms with E-state index in [1.165, 1.54) is 14.2 Å². The van der Waals surface area contributed by atoms with Crippen molar-refractivity contribution >= 4 is 38.7 Å². The number of nitrogens with zero attached hydrogens (tertiary/aromatic N) is 1. The molecule has 6 nitrogen and oxygen atoms in total. The molecule has 0 amide bonds. The summed E-state index contributed by atoms with van der Waals surface area (Å²) in [5.74, 6) is -0.838. The van der Waals surface area contributed by atoms with Crippen molar-refractivity contribution in [3.63, 3.8) is 0 Å². The average molecular weight is 412 g/mol. The van der Waals surface area contributed by atoms with Gasteiger partial charge in [0.2, 0.25) is 0 Å². The number of carbonyl (C=O) groups is 2. The van der Waals surface area contributed by atoms with Crippen molar-refractivity contribution in [1.82, 2.24) is 4.57 Å². The Morgan fingerprint density at radius 1 is 1.08 bits per heavy atom. The predicted octanol–water partition coefficient (Wildman–Crippen LogP) is 2.71. The lowest BCUT2D eigenvalue weighted by Gasteiger charge is -2.09. The van der Waals surface area contributed by atoms with Crippen LogP contribution in [-0.4, -0.2) is 34.9 Å². The third kappa shape index (κ3) is 2.69. The fraction of sp³-hybridized carbons (Fsp3) is 0.250. The fourth-order valence-corrected chi connectivity index (χ4v) is 4.37. The van der Waals surface area contributed by atoms with E-state index >= 15 is 0 Å². The number of hydrogen-bond acceptors (Lipinski definition) is 5. The Morgan fingerprint density at radius 2 is 1.67 bits per heavy atom. The van der Waals surface area contributed by atoms with Crippen molar-refractivity contribution in [1.29, 1.82) is 0 Å². The normalized spacial score (nSPS) is 15.9. The van der Waals surface area contributed by atoms with Gasteiger partial charge in [0.15, 0.2) is 0 Å². The Kier molecular flexibility index (Phi) is 4.60. The number of fused-ring (bicyclic) bond motifs is 1. The van der Waals surface area contributed by atoms with Gasteiger partial charge in [-0.1, -0.05) is 28.1 Å². The fourth-order valence-electron chi connectivity index (χ4n) is 2.83. The zero-order valence-electron chi connectivity index (χ0n) is 13.0. The molecule has 0 unspecified atom stereocenters. The van der Waals surface area contributed by atoms with E-state index in [2.05, 4.69) is 15.9 Å². The molecular formula is C16H14BrNO5S. The minimum Gasteiger partial charge on any atom is -0.465 e. The number of ether oxygens (including phenoxy) is 2. The van der Waals surface area contributed by atoms with Crippen LogP contribution in [-0.2, 0) is 31.9 Å². The molecule has 1 aliphatic rings. The molecule has 0 fully saturated rings. The minimum atomic E-state index is -1.14. The van der Waals surface area contributed by atoms with Gasteiger partial charge in [0.05, 0.1) is 37.1 Å². The first-order valence-electron chi connectivity index (χ1n) is 7.00. The summed E-state index contributed by atoms with van der Waals surface area (Å²) in [4.78, 5) is 24.6. The van der Waals surface area contributed by atoms with Gasteiger partial charge in [0.1, 0.15) is 5.56 Å². The molecule has 2 aromatic rings. The van der Waals surface area contributed by atoms with Crippen LogP contribution in [0.15, 0.2) is 28.7 Å². The summed E-state index contributed by atoms with van der Waals surface area (Å²) in [6.07, 6.45) is 0. The molecule has 0 radical (unpaired) electrons. The largest absolute Gasteiger partial charge is 0.465 e. The Bertz CT molecular complexity index is 856. The topological polar surface area (TPSA) is 74.6 Å². The van der Waals surface area contributed by atoms with Crippen molar-refractivity contribution in [2.24, 2.45) is 0 Å². The molecule has 3 rings (SSSR count). The highest BCUT2D eigenvalue weighted by Gasteiger charge is 2.36. The molecule has 0 N–H and O–H groups in total. The zero-order valence-corrected chi connectivity index (χ0v) is 15.4. The van der Waals surface area contributed by atoms with Gasteiger partial charge < -0.3 is 14.0 Å². The van der Waals surface area contributed by atoms with Crippen molar-refractivity contribution in [2.45, 2.75) is 11.6 Å². The lowest BCUT2D eigenvalue weighted by atomic mass is 10.0. The monoisotopic (exact) mass is 411 g/mol. The molecule has 24 heavy (non-hydrogen) atoms. The maximum Gasteiger partial charge on any atom is 0.340 e. The highest BCUT2D eigenvalue weighted by atomic mass is 79.9. The van der Waals surface area contributed by atoms with Gasteiger partial charge in [-0.3, -0.25) is 4.21 Å². The molecule has 2 heterocycles. The quantitative estimate of drug-likeness (QED) is 0.725. The molecule has 1 aromatic carbocycles. The Morgan fingerprint density at radius 3 is 2.25 bits per heavy atom. The van der Waals surface area contributed by atoms with E-state index in [1.807, 2.05) is 24.3 Å². The molecule has 0 spiro atoms. The number of aromatic nitrogens is 1. The lowest BCUT2D eigenvalue weighted by molar-refractivity contribution is 0.0556. The number of methoxy groups -OCH3 is 2. The van der Waals surface area contributed by atoms with Crippen LogP contribution in [0.4, 0.5) is 0 Å². The summed E-state index contributed by atoms with van der Waals surface area (Å²) < 4.78 is 24.4. The van der Waals surface area contributed by atoms with Crippen molar-refractivity contribution in [2.75, 3.05) is 14.2 Å². The molecule has 0 saturated carbocycles. The predicted molar refractivity (Wildman–Crippen MR) is 92.1 cm³/mol. The summed E-state index contributed by atoms with van der Waals surface area (Å²) >= 11 is 3.37. The summed E-state index contributed by atoms with van der Waals surface area (Å²) in [6, 6.07) is 7.31. The van der Waals surface area contributed by atoms with Gasteiger partial charge in [-0.15, -0.1) is 0 Å². The van der Waals surface area contributed by atoms with Crippen molar-refractivity contribution in [3.8, 4) is 11.3 Å². The van der Waals surface area contributed by atoms with Crippen molar-refractivity contribution in [3.05, 3.63) is 45.6 Å². The van der Waals surface area contributed by atoms with Crippen LogP contribution in [0.25, 0.3) is 11.3 Å². The number of hydrogen-bond donors (Lipinski definition) is 0. The lowest BCUT2D eigenvalue weighted by Crippen LogP contribution is -2.12. The molecule has 1 aromatic heterocycles. The van der Waals surface area contributed by atoms with Crippen LogP contribution in [0.2, 0.25) is 0 Å². The van der Waals surface area contributed by atoms with E-state index in [0.717, 1.165) is 10.0 Å². The van der Waals surface area contributed by atoms with E-state index in [1.54, 1.807) is 4.57 Å². The number of rotatable bonds is 3. The molecular weight excluding hydrogens is 398 g/mol. The molecule has 126 valence electrons. The van der Waals surface area contributed by atoms with E-state index in [0.29, 0.717) is 11.4 Å². The Balaban J connectivity index is 2.34. The summed E-state index contributed by atoms with van der Waals surface area (Å²) in [7, 11) is 1.37. The number of esters is 2. The molecule has 0 bridgehead atoms. The Labute approximate surface area is 149 Å². The first-order chi connectivity index (χ1) is 11.5. The average Bonchev–Trinajstić information content (AvgIpc) is 3.08. The molecule has 0 saturated heterocycles. The Hall–Kier alpha value is -1.93. The maximum absolute atomic E-state index is 12.4. The second kappa shape index (κ2) is 6.52. The van der Waals surface area contributed by atoms with Gasteiger partial charge in [0.25, 0.3) is 0 Å². The second-order valence-corrected chi connectivity index (χ2v) is 7.52. The maximum atomic E-state index is 12.4. The number of halogens is 1. The summed E-state index contributed by atoms with van der Waals surface area (Å²) in [5.41, 5.74) is 2.08. The molecule has 1 aliphatic heterocycles. The summed E-state index contributed by atoms with van der Waals surface area (Å²) in [5, 5.41) is 0.